The van der Waals surface area contributed by atoms with Crippen molar-refractivity contribution in [3.8, 4) is 0 Å². The van der Waals surface area contributed by atoms with Crippen LogP contribution in [0.2, 0.25) is 0 Å². The van der Waals surface area contributed by atoms with E-state index < -0.39 is 11.2 Å². The fraction of sp³-hybridized carbons (Fsp3) is 0.657. The minimum absolute atomic E-state index is 0.189. The van der Waals surface area contributed by atoms with E-state index in [2.05, 4.69) is 321 Å². The molecule has 17 rings (SSSR count). The summed E-state index contributed by atoms with van der Waals surface area (Å²) < 4.78 is 61.9. The largest absolute Gasteiger partial charge is 0.494 e. The number of fused-ring (bicyclic) bond motifs is 4. The predicted molar refractivity (Wildman–Crippen MR) is 541 cm³/mol. The first-order valence-corrected chi connectivity index (χ1v) is 49.9. The molecule has 1 N–H and O–H groups in total. The zero-order valence-electron chi connectivity index (χ0n) is 85.3. The van der Waals surface area contributed by atoms with Gasteiger partial charge in [0, 0.05) is 64.4 Å². The summed E-state index contributed by atoms with van der Waals surface area (Å²) in [5.41, 5.74) is 14.6. The Morgan fingerprint density at radius 1 is 0.385 bits per heavy atom. The molecule has 0 radical (unpaired) electrons. The van der Waals surface area contributed by atoms with Gasteiger partial charge in [-0.05, 0) is 379 Å². The Labute approximate surface area is 800 Å². The van der Waals surface area contributed by atoms with Gasteiger partial charge < -0.3 is 66.7 Å². The number of aryl methyl sites for hydroxylation is 3. The lowest BCUT2D eigenvalue weighted by atomic mass is 9.69. The van der Waals surface area contributed by atoms with E-state index in [4.69, 9.17) is 46.7 Å². The summed E-state index contributed by atoms with van der Waals surface area (Å²) >= 11 is 6.82. The van der Waals surface area contributed by atoms with Gasteiger partial charge in [0.25, 0.3) is 0 Å². The van der Waals surface area contributed by atoms with Crippen LogP contribution in [0.5, 0.6) is 0 Å². The zero-order chi connectivity index (χ0) is 95.7. The molecule has 1 atom stereocenters. The average molecular weight is 1910 g/mol. The van der Waals surface area contributed by atoms with E-state index in [0.717, 1.165) is 108 Å². The highest BCUT2D eigenvalue weighted by Crippen LogP contribution is 2.50. The minimum Gasteiger partial charge on any atom is -0.444 e. The maximum atomic E-state index is 12.0. The van der Waals surface area contributed by atoms with Crippen molar-refractivity contribution in [2.45, 2.75) is 394 Å². The fourth-order valence-corrected chi connectivity index (χ4v) is 20.6. The Morgan fingerprint density at radius 2 is 0.746 bits per heavy atom. The molecule has 4 aromatic carbocycles. The summed E-state index contributed by atoms with van der Waals surface area (Å²) in [4.78, 5) is 41.7. The van der Waals surface area contributed by atoms with Crippen molar-refractivity contribution in [1.29, 1.82) is 0 Å². The van der Waals surface area contributed by atoms with Gasteiger partial charge in [-0.1, -0.05) is 154 Å². The number of benzene rings is 4. The number of piperazine rings is 1. The van der Waals surface area contributed by atoms with Gasteiger partial charge in [0.15, 0.2) is 0 Å². The molecule has 6 aromatic rings. The van der Waals surface area contributed by atoms with Crippen LogP contribution in [0.25, 0.3) is 0 Å². The number of nitrogens with one attached hydrogen (secondary N) is 1. The van der Waals surface area contributed by atoms with E-state index in [-0.39, 0.29) is 108 Å². The van der Waals surface area contributed by atoms with Crippen LogP contribution in [0, 0.1) is 0 Å². The molecule has 7 fully saturated rings. The summed E-state index contributed by atoms with van der Waals surface area (Å²) in [6.07, 6.45) is 13.7. The Hall–Kier alpha value is -5.82. The SMILES string of the molecule is CC(C)(C)OC(=O)N1CCN(c2cccc(Br)n2)CC1.CC(C)(C)OC(=O)NC1CCN(C2CCN(c3cccc(Br)n3)CC2)C1.CC1(C)CC(C)(C)c2cc(B3OC(C)(C)C(C)(C)O3)ccc21.CC1(C)CCCc2cc(B3OC(C)(C)C(C)(C)O3)ccc21.CC1(C)CCCc2ccc(B3OC(C)(C)C(C)(C)O3)cc21.CC1(C)CCc2cc(B3OC(C)(C)C(C)(C)O3)ccc21. The molecule has 1 unspecified atom stereocenters. The quantitative estimate of drug-likeness (QED) is 0.112. The summed E-state index contributed by atoms with van der Waals surface area (Å²) in [7, 11) is -1.01. The highest BCUT2D eigenvalue weighted by molar-refractivity contribution is 9.10. The molecule has 0 saturated carbocycles. The first-order valence-electron chi connectivity index (χ1n) is 48.3. The topological polar surface area (TPSA) is 177 Å². The molecule has 25 heteroatoms. The second-order valence-electron chi connectivity index (χ2n) is 47.6. The van der Waals surface area contributed by atoms with Crippen LogP contribution in [0.1, 0.15) is 324 Å². The van der Waals surface area contributed by atoms with Crippen molar-refractivity contribution in [2.24, 2.45) is 0 Å². The monoisotopic (exact) mass is 1910 g/mol. The van der Waals surface area contributed by atoms with E-state index >= 15 is 0 Å². The number of piperidine rings is 1. The van der Waals surface area contributed by atoms with Crippen molar-refractivity contribution in [3.63, 3.8) is 0 Å². The lowest BCUT2D eigenvalue weighted by molar-refractivity contribution is 0.00578. The Kier molecular flexibility index (Phi) is 30.4. The number of hydrogen-bond donors (Lipinski definition) is 1. The Bertz CT molecular complexity index is 4920. The smallest absolute Gasteiger partial charge is 0.444 e. The number of ether oxygens (including phenoxy) is 2. The summed E-state index contributed by atoms with van der Waals surface area (Å²) in [6.45, 7) is 75.2. The lowest BCUT2D eigenvalue weighted by Gasteiger charge is -2.37. The molecule has 7 aliphatic heterocycles. The summed E-state index contributed by atoms with van der Waals surface area (Å²) in [6, 6.07) is 39.7. The third-order valence-electron chi connectivity index (χ3n) is 30.5. The number of likely N-dealkylation sites (tertiary alicyclic amines) is 1. The number of hydrogen-bond acceptors (Lipinski definition) is 17. The van der Waals surface area contributed by atoms with E-state index in [1.807, 2.05) is 71.9 Å². The molecule has 0 bridgehead atoms. The van der Waals surface area contributed by atoms with Crippen LogP contribution in [-0.2, 0) is 93.0 Å². The molecule has 11 aliphatic rings. The molecule has 19 nitrogen and oxygen atoms in total. The van der Waals surface area contributed by atoms with Gasteiger partial charge >= 0.3 is 40.7 Å². The second-order valence-corrected chi connectivity index (χ2v) is 49.3. The van der Waals surface area contributed by atoms with Crippen LogP contribution in [-0.4, -0.2) is 181 Å². The first-order chi connectivity index (χ1) is 59.9. The number of aromatic nitrogens is 2. The molecule has 130 heavy (non-hydrogen) atoms. The molecule has 710 valence electrons. The summed E-state index contributed by atoms with van der Waals surface area (Å²) in [5, 5.41) is 3.02. The van der Waals surface area contributed by atoms with Crippen molar-refractivity contribution < 1.29 is 56.3 Å². The van der Waals surface area contributed by atoms with Gasteiger partial charge in [-0.2, -0.15) is 0 Å². The number of nitrogens with zero attached hydrogens (tertiary/aromatic N) is 6. The minimum atomic E-state index is -0.449. The number of carbonyl (C=O) groups excluding carboxylic acids is 2. The Morgan fingerprint density at radius 3 is 1.17 bits per heavy atom. The van der Waals surface area contributed by atoms with Crippen molar-refractivity contribution in [2.75, 3.05) is 62.2 Å². The number of anilines is 2. The van der Waals surface area contributed by atoms with Crippen LogP contribution >= 0.6 is 31.9 Å². The van der Waals surface area contributed by atoms with E-state index in [9.17, 15) is 9.59 Å². The zero-order valence-corrected chi connectivity index (χ0v) is 88.5. The van der Waals surface area contributed by atoms with Crippen molar-refractivity contribution in [1.82, 2.24) is 25.1 Å². The number of carbonyl (C=O) groups is 2. The van der Waals surface area contributed by atoms with E-state index in [1.165, 1.54) is 95.9 Å². The van der Waals surface area contributed by atoms with E-state index in [1.54, 1.807) is 4.90 Å². The molecule has 4 aliphatic carbocycles. The van der Waals surface area contributed by atoms with Crippen LogP contribution in [0.3, 0.4) is 0 Å². The number of halogens is 2. The highest BCUT2D eigenvalue weighted by atomic mass is 79.9. The first kappa shape index (κ1) is 103. The van der Waals surface area contributed by atoms with Gasteiger partial charge in [-0.25, -0.2) is 19.6 Å². The molecule has 0 spiro atoms. The van der Waals surface area contributed by atoms with Gasteiger partial charge in [0.1, 0.15) is 32.0 Å². The van der Waals surface area contributed by atoms with Crippen LogP contribution in [0.4, 0.5) is 21.2 Å². The normalized spacial score (nSPS) is 23.8. The maximum absolute atomic E-state index is 12.0. The fourth-order valence-electron chi connectivity index (χ4n) is 20.0. The number of pyridine rings is 2. The molecule has 2 amide bonds. The number of alkyl carbamates (subject to hydrolysis) is 1. The van der Waals surface area contributed by atoms with Gasteiger partial charge in [-0.15, -0.1) is 0 Å². The number of amides is 2. The van der Waals surface area contributed by atoms with Gasteiger partial charge in [-0.3, -0.25) is 4.90 Å². The van der Waals surface area contributed by atoms with E-state index in [0.29, 0.717) is 30.0 Å². The number of rotatable bonds is 8. The van der Waals surface area contributed by atoms with Gasteiger partial charge in [0.2, 0.25) is 0 Å². The van der Waals surface area contributed by atoms with Crippen LogP contribution in [0.15, 0.2) is 118 Å². The molecule has 9 heterocycles. The summed E-state index contributed by atoms with van der Waals surface area (Å²) in [5.74, 6) is 1.98. The maximum Gasteiger partial charge on any atom is 0.494 e. The highest BCUT2D eigenvalue weighted by Gasteiger charge is 2.57. The molecule has 7 saturated heterocycles. The molecular weight excluding hydrogens is 1750 g/mol. The third kappa shape index (κ3) is 24.0. The average Bonchev–Trinajstić information content (AvgIpc) is 1.58. The Balaban J connectivity index is 0.000000141. The van der Waals surface area contributed by atoms with Crippen molar-refractivity contribution in [3.05, 3.63) is 163 Å². The third-order valence-corrected chi connectivity index (χ3v) is 31.4. The van der Waals surface area contributed by atoms with Crippen LogP contribution < -0.4 is 37.0 Å². The standard InChI is InChI=1S/C19H29BO2.C19H29BrN4O2.2C18H27BO2.C17H25BO2.C14H20BrN3O2/c1-16(2)12-17(3,4)15-11-13(9-10-14(15)16)20-21-18(5,6)19(7,8)22-20;1-19(2,3)26-18(25)21-14-7-10-24(13-14)15-8-11-23(12-9-15)17-6-4-5-16(20)22-17;1-16(2)11-7-8-13-12-14(9-10-15(13)16)19-20-17(3,4)18(5,6)21-19;1-16(2)11-7-8-13-9-10-14(12-15(13)16)19-20-17(3,4)18(5,6)21-19;1-15(2)10-9-12-11-13(7-8-14(12)15)18-19-16(3,4)17(5,6)20-18;1-14(2,3)20-13(19)18-9-7-17(8-10-18)12-6-4-5-11(15)16-12/h9-11H,12H2,1-8H3;4-6,14-15H,7-13H2,1-3H3,(H,21,25);2*9-10,12H,7-8,11H2,1-6H3;7-8,11H,9-10H2,1-6H3;4-6H,7-10H2,1-3H3. The second kappa shape index (κ2) is 38.3. The molecular formula is C105H157B4Br2N7O12. The van der Waals surface area contributed by atoms with Gasteiger partial charge in [0.05, 0.1) is 44.8 Å². The van der Waals surface area contributed by atoms with Crippen molar-refractivity contribution >= 4 is 106 Å². The lowest BCUT2D eigenvalue weighted by Crippen LogP contribution is -2.50. The molecule has 2 aromatic heterocycles. The predicted octanol–water partition coefficient (Wildman–Crippen LogP) is 20.7.